The van der Waals surface area contributed by atoms with Crippen LogP contribution in [-0.2, 0) is 0 Å². The summed E-state index contributed by atoms with van der Waals surface area (Å²) in [6.45, 7) is 3.45. The molecule has 0 aliphatic rings. The fourth-order valence-corrected chi connectivity index (χ4v) is 1.53. The van der Waals surface area contributed by atoms with Gasteiger partial charge in [0.2, 0.25) is 0 Å². The van der Waals surface area contributed by atoms with Gasteiger partial charge in [-0.25, -0.2) is 4.39 Å². The Balaban J connectivity index is 3.24. The average Bonchev–Trinajstić information content (AvgIpc) is 2.21. The summed E-state index contributed by atoms with van der Waals surface area (Å²) in [4.78, 5) is 13.1. The molecule has 0 saturated heterocycles. The van der Waals surface area contributed by atoms with Crippen LogP contribution in [0.2, 0.25) is 0 Å². The van der Waals surface area contributed by atoms with Crippen LogP contribution in [0.3, 0.4) is 0 Å². The molecule has 0 amide bonds. The Hall–Kier alpha value is -1.42. The first kappa shape index (κ1) is 12.6. The third-order valence-electron chi connectivity index (χ3n) is 2.50. The molecule has 0 bridgehead atoms. The SMILES string of the molecule is CC(=O)c1cc(F)c(C)cc1N(C)CCO. The Morgan fingerprint density at radius 3 is 2.62 bits per heavy atom. The summed E-state index contributed by atoms with van der Waals surface area (Å²) >= 11 is 0. The first-order valence-electron chi connectivity index (χ1n) is 5.10. The molecule has 0 saturated carbocycles. The van der Waals surface area contributed by atoms with E-state index in [-0.39, 0.29) is 18.2 Å². The highest BCUT2D eigenvalue weighted by Gasteiger charge is 2.14. The molecule has 16 heavy (non-hydrogen) atoms. The number of rotatable bonds is 4. The van der Waals surface area contributed by atoms with Crippen molar-refractivity contribution in [1.82, 2.24) is 0 Å². The smallest absolute Gasteiger partial charge is 0.161 e. The van der Waals surface area contributed by atoms with Crippen molar-refractivity contribution in [2.45, 2.75) is 13.8 Å². The number of aryl methyl sites for hydroxylation is 1. The number of hydrogen-bond donors (Lipinski definition) is 1. The van der Waals surface area contributed by atoms with Crippen molar-refractivity contribution in [2.24, 2.45) is 0 Å². The van der Waals surface area contributed by atoms with Crippen molar-refractivity contribution >= 4 is 11.5 Å². The normalized spacial score (nSPS) is 10.3. The van der Waals surface area contributed by atoms with Gasteiger partial charge in [-0.1, -0.05) is 0 Å². The fourth-order valence-electron chi connectivity index (χ4n) is 1.53. The van der Waals surface area contributed by atoms with Crippen molar-refractivity contribution < 1.29 is 14.3 Å². The van der Waals surface area contributed by atoms with E-state index >= 15 is 0 Å². The van der Waals surface area contributed by atoms with Crippen LogP contribution < -0.4 is 4.90 Å². The molecule has 0 spiro atoms. The highest BCUT2D eigenvalue weighted by Crippen LogP contribution is 2.23. The van der Waals surface area contributed by atoms with E-state index in [0.717, 1.165) is 0 Å². The lowest BCUT2D eigenvalue weighted by Gasteiger charge is -2.21. The van der Waals surface area contributed by atoms with Gasteiger partial charge in [0.15, 0.2) is 5.78 Å². The number of Topliss-reactive ketones (excluding diaryl/α,β-unsaturated/α-hetero) is 1. The number of nitrogens with zero attached hydrogens (tertiary/aromatic N) is 1. The molecule has 0 atom stereocenters. The summed E-state index contributed by atoms with van der Waals surface area (Å²) in [5.74, 6) is -0.565. The molecule has 1 aromatic carbocycles. The van der Waals surface area contributed by atoms with E-state index in [0.29, 0.717) is 23.4 Å². The molecule has 0 aliphatic carbocycles. The highest BCUT2D eigenvalue weighted by molar-refractivity contribution is 5.99. The molecular weight excluding hydrogens is 209 g/mol. The molecule has 0 aromatic heterocycles. The zero-order valence-corrected chi connectivity index (χ0v) is 9.75. The molecule has 1 rings (SSSR count). The molecule has 0 fully saturated rings. The number of hydrogen-bond acceptors (Lipinski definition) is 3. The van der Waals surface area contributed by atoms with Gasteiger partial charge in [-0.15, -0.1) is 0 Å². The van der Waals surface area contributed by atoms with Gasteiger partial charge < -0.3 is 10.0 Å². The first-order chi connectivity index (χ1) is 7.47. The second-order valence-electron chi connectivity index (χ2n) is 3.82. The molecular formula is C12H16FNO2. The highest BCUT2D eigenvalue weighted by atomic mass is 19.1. The zero-order chi connectivity index (χ0) is 12.3. The van der Waals surface area contributed by atoms with Crippen LogP contribution in [-0.4, -0.2) is 31.1 Å². The maximum Gasteiger partial charge on any atom is 0.161 e. The largest absolute Gasteiger partial charge is 0.395 e. The van der Waals surface area contributed by atoms with Crippen LogP contribution in [0.4, 0.5) is 10.1 Å². The van der Waals surface area contributed by atoms with Gasteiger partial charge in [-0.3, -0.25) is 4.79 Å². The number of halogens is 1. The number of carbonyl (C=O) groups is 1. The Morgan fingerprint density at radius 1 is 1.50 bits per heavy atom. The van der Waals surface area contributed by atoms with E-state index in [9.17, 15) is 9.18 Å². The fraction of sp³-hybridized carbons (Fsp3) is 0.417. The Kier molecular flexibility index (Phi) is 4.01. The minimum atomic E-state index is -0.383. The number of ketones is 1. The van der Waals surface area contributed by atoms with E-state index < -0.39 is 0 Å². The van der Waals surface area contributed by atoms with Crippen molar-refractivity contribution in [3.05, 3.63) is 29.1 Å². The minimum Gasteiger partial charge on any atom is -0.395 e. The van der Waals surface area contributed by atoms with Gasteiger partial charge in [0, 0.05) is 24.8 Å². The lowest BCUT2D eigenvalue weighted by Crippen LogP contribution is -2.23. The van der Waals surface area contributed by atoms with Gasteiger partial charge in [-0.2, -0.15) is 0 Å². The van der Waals surface area contributed by atoms with E-state index in [2.05, 4.69) is 0 Å². The van der Waals surface area contributed by atoms with Crippen molar-refractivity contribution in [1.29, 1.82) is 0 Å². The monoisotopic (exact) mass is 225 g/mol. The molecule has 4 heteroatoms. The van der Waals surface area contributed by atoms with Gasteiger partial charge >= 0.3 is 0 Å². The number of aliphatic hydroxyl groups excluding tert-OH is 1. The Bertz CT molecular complexity index is 404. The topological polar surface area (TPSA) is 40.5 Å². The van der Waals surface area contributed by atoms with Crippen molar-refractivity contribution in [3.8, 4) is 0 Å². The molecule has 1 aromatic rings. The van der Waals surface area contributed by atoms with Gasteiger partial charge in [-0.05, 0) is 31.5 Å². The number of carbonyl (C=O) groups excluding carboxylic acids is 1. The third-order valence-corrected chi connectivity index (χ3v) is 2.50. The summed E-state index contributed by atoms with van der Waals surface area (Å²) < 4.78 is 13.3. The van der Waals surface area contributed by atoms with Crippen molar-refractivity contribution in [2.75, 3.05) is 25.1 Å². The zero-order valence-electron chi connectivity index (χ0n) is 9.75. The molecule has 3 nitrogen and oxygen atoms in total. The van der Waals surface area contributed by atoms with Crippen LogP contribution in [0.25, 0.3) is 0 Å². The molecule has 1 N–H and O–H groups in total. The maximum absolute atomic E-state index is 13.3. The van der Waals surface area contributed by atoms with Crippen LogP contribution in [0, 0.1) is 12.7 Å². The second-order valence-corrected chi connectivity index (χ2v) is 3.82. The summed E-state index contributed by atoms with van der Waals surface area (Å²) in [6, 6.07) is 2.88. The molecule has 88 valence electrons. The third kappa shape index (κ3) is 2.58. The van der Waals surface area contributed by atoms with E-state index in [4.69, 9.17) is 5.11 Å². The number of anilines is 1. The summed E-state index contributed by atoms with van der Waals surface area (Å²) in [6.07, 6.45) is 0. The molecule has 0 aliphatic heterocycles. The predicted molar refractivity (Wildman–Crippen MR) is 61.5 cm³/mol. The first-order valence-corrected chi connectivity index (χ1v) is 5.10. The standard InChI is InChI=1S/C12H16FNO2/c1-8-6-12(14(3)4-5-15)10(9(2)16)7-11(8)13/h6-7,15H,4-5H2,1-3H3. The number of aliphatic hydroxyl groups is 1. The van der Waals surface area contributed by atoms with Crippen LogP contribution in [0.1, 0.15) is 22.8 Å². The summed E-state index contributed by atoms with van der Waals surface area (Å²) in [5, 5.41) is 8.85. The van der Waals surface area contributed by atoms with Crippen LogP contribution >= 0.6 is 0 Å². The van der Waals surface area contributed by atoms with Crippen LogP contribution in [0.5, 0.6) is 0 Å². The van der Waals surface area contributed by atoms with Gasteiger partial charge in [0.1, 0.15) is 5.82 Å². The van der Waals surface area contributed by atoms with Crippen LogP contribution in [0.15, 0.2) is 12.1 Å². The molecule has 0 radical (unpaired) electrons. The average molecular weight is 225 g/mol. The Labute approximate surface area is 94.5 Å². The summed E-state index contributed by atoms with van der Waals surface area (Å²) in [5.41, 5.74) is 1.49. The predicted octanol–water partition coefficient (Wildman–Crippen LogP) is 1.77. The number of likely N-dealkylation sites (N-methyl/N-ethyl adjacent to an activating group) is 1. The van der Waals surface area contributed by atoms with Gasteiger partial charge in [0.25, 0.3) is 0 Å². The van der Waals surface area contributed by atoms with Crippen molar-refractivity contribution in [3.63, 3.8) is 0 Å². The Morgan fingerprint density at radius 2 is 2.12 bits per heavy atom. The maximum atomic E-state index is 13.3. The van der Waals surface area contributed by atoms with Gasteiger partial charge in [0.05, 0.1) is 6.61 Å². The molecule has 0 unspecified atom stereocenters. The van der Waals surface area contributed by atoms with E-state index in [1.807, 2.05) is 0 Å². The minimum absolute atomic E-state index is 0.00965. The number of benzene rings is 1. The van der Waals surface area contributed by atoms with E-state index in [1.54, 1.807) is 24.9 Å². The quantitative estimate of drug-likeness (QED) is 0.794. The van der Waals surface area contributed by atoms with E-state index in [1.165, 1.54) is 13.0 Å². The lowest BCUT2D eigenvalue weighted by atomic mass is 10.1. The lowest BCUT2D eigenvalue weighted by molar-refractivity contribution is 0.101. The molecule has 0 heterocycles. The summed E-state index contributed by atoms with van der Waals surface area (Å²) in [7, 11) is 1.76. The second kappa shape index (κ2) is 5.07.